The minimum Gasteiger partial charge on any atom is -0.377 e. The predicted octanol–water partition coefficient (Wildman–Crippen LogP) is 0.843. The minimum absolute atomic E-state index is 0.0675. The van der Waals surface area contributed by atoms with Crippen molar-refractivity contribution in [1.29, 1.82) is 0 Å². The maximum Gasteiger partial charge on any atom is 0.242 e. The molecule has 0 aliphatic carbocycles. The molecule has 114 valence electrons. The first-order valence-electron chi connectivity index (χ1n) is 6.96. The van der Waals surface area contributed by atoms with E-state index in [9.17, 15) is 8.42 Å². The van der Waals surface area contributed by atoms with E-state index >= 15 is 0 Å². The Bertz CT molecular complexity index is 640. The maximum atomic E-state index is 12.5. The van der Waals surface area contributed by atoms with Crippen LogP contribution in [0.2, 0.25) is 0 Å². The SMILES string of the molecule is CC(NS(=O)(=O)c1ccccc1C#CCN)C1CCCO1. The number of benzene rings is 1. The van der Waals surface area contributed by atoms with Gasteiger partial charge in [-0.2, -0.15) is 0 Å². The van der Waals surface area contributed by atoms with Crippen LogP contribution in [0.25, 0.3) is 0 Å². The summed E-state index contributed by atoms with van der Waals surface area (Å²) in [5.74, 6) is 5.48. The first-order valence-corrected chi connectivity index (χ1v) is 8.45. The zero-order chi connectivity index (χ0) is 15.3. The van der Waals surface area contributed by atoms with Crippen LogP contribution in [0.15, 0.2) is 29.2 Å². The number of sulfonamides is 1. The van der Waals surface area contributed by atoms with Gasteiger partial charge in [-0.3, -0.25) is 0 Å². The molecule has 2 rings (SSSR count). The molecule has 2 atom stereocenters. The molecule has 2 unspecified atom stereocenters. The quantitative estimate of drug-likeness (QED) is 0.808. The lowest BCUT2D eigenvalue weighted by Crippen LogP contribution is -2.40. The standard InChI is InChI=1S/C15H20N2O3S/c1-12(14-8-5-11-20-14)17-21(18,19)15-9-3-2-6-13(15)7-4-10-16/h2-3,6,9,12,14,17H,5,8,10-11,16H2,1H3. The normalized spacial score (nSPS) is 19.8. The average molecular weight is 308 g/mol. The van der Waals surface area contributed by atoms with Crippen LogP contribution in [0, 0.1) is 11.8 Å². The maximum absolute atomic E-state index is 12.5. The molecule has 1 aliphatic rings. The van der Waals surface area contributed by atoms with Gasteiger partial charge in [-0.05, 0) is 31.9 Å². The van der Waals surface area contributed by atoms with E-state index in [1.807, 2.05) is 6.92 Å². The third-order valence-corrected chi connectivity index (χ3v) is 4.98. The molecule has 3 N–H and O–H groups in total. The summed E-state index contributed by atoms with van der Waals surface area (Å²) in [7, 11) is -3.63. The molecule has 0 bridgehead atoms. The van der Waals surface area contributed by atoms with Crippen molar-refractivity contribution in [2.45, 2.75) is 36.8 Å². The van der Waals surface area contributed by atoms with Crippen molar-refractivity contribution >= 4 is 10.0 Å². The third-order valence-electron chi connectivity index (χ3n) is 3.37. The van der Waals surface area contributed by atoms with Crippen molar-refractivity contribution in [1.82, 2.24) is 4.72 Å². The van der Waals surface area contributed by atoms with Crippen LogP contribution in [0.4, 0.5) is 0 Å². The number of rotatable bonds is 4. The van der Waals surface area contributed by atoms with Crippen molar-refractivity contribution in [3.05, 3.63) is 29.8 Å². The molecule has 5 nitrogen and oxygen atoms in total. The van der Waals surface area contributed by atoms with E-state index in [-0.39, 0.29) is 23.6 Å². The molecule has 0 saturated carbocycles. The Morgan fingerprint density at radius 1 is 1.48 bits per heavy atom. The predicted molar refractivity (Wildman–Crippen MR) is 81.1 cm³/mol. The zero-order valence-electron chi connectivity index (χ0n) is 12.0. The molecule has 1 aliphatic heterocycles. The second-order valence-corrected chi connectivity index (χ2v) is 6.65. The van der Waals surface area contributed by atoms with Crippen LogP contribution in [-0.2, 0) is 14.8 Å². The molecule has 1 aromatic rings. The Morgan fingerprint density at radius 2 is 2.24 bits per heavy atom. The monoisotopic (exact) mass is 308 g/mol. The van der Waals surface area contributed by atoms with Gasteiger partial charge in [0.15, 0.2) is 0 Å². The van der Waals surface area contributed by atoms with E-state index in [0.717, 1.165) is 12.8 Å². The van der Waals surface area contributed by atoms with Crippen LogP contribution in [0.5, 0.6) is 0 Å². The lowest BCUT2D eigenvalue weighted by atomic mass is 10.1. The van der Waals surface area contributed by atoms with Crippen LogP contribution >= 0.6 is 0 Å². The second kappa shape index (κ2) is 7.05. The van der Waals surface area contributed by atoms with Crippen molar-refractivity contribution < 1.29 is 13.2 Å². The molecular weight excluding hydrogens is 288 g/mol. The largest absolute Gasteiger partial charge is 0.377 e. The summed E-state index contributed by atoms with van der Waals surface area (Å²) >= 11 is 0. The highest BCUT2D eigenvalue weighted by Crippen LogP contribution is 2.19. The number of hydrogen-bond donors (Lipinski definition) is 2. The molecule has 0 spiro atoms. The Morgan fingerprint density at radius 3 is 2.90 bits per heavy atom. The van der Waals surface area contributed by atoms with Crippen LogP contribution in [0.3, 0.4) is 0 Å². The number of ether oxygens (including phenoxy) is 1. The second-order valence-electron chi connectivity index (χ2n) is 4.96. The lowest BCUT2D eigenvalue weighted by Gasteiger charge is -2.20. The van der Waals surface area contributed by atoms with Crippen molar-refractivity contribution in [3.8, 4) is 11.8 Å². The van der Waals surface area contributed by atoms with Gasteiger partial charge in [0.1, 0.15) is 0 Å². The van der Waals surface area contributed by atoms with Gasteiger partial charge in [0.2, 0.25) is 10.0 Å². The summed E-state index contributed by atoms with van der Waals surface area (Å²) in [5.41, 5.74) is 5.80. The Hall–Kier alpha value is -1.39. The summed E-state index contributed by atoms with van der Waals surface area (Å²) < 4.78 is 33.2. The summed E-state index contributed by atoms with van der Waals surface area (Å²) in [6, 6.07) is 6.38. The fraction of sp³-hybridized carbons (Fsp3) is 0.467. The smallest absolute Gasteiger partial charge is 0.242 e. The Labute approximate surface area is 125 Å². The van der Waals surface area contributed by atoms with Crippen molar-refractivity contribution in [3.63, 3.8) is 0 Å². The Kier molecular flexibility index (Phi) is 5.37. The van der Waals surface area contributed by atoms with E-state index in [1.165, 1.54) is 0 Å². The van der Waals surface area contributed by atoms with Gasteiger partial charge in [-0.25, -0.2) is 13.1 Å². The van der Waals surface area contributed by atoms with Gasteiger partial charge in [0.25, 0.3) is 0 Å². The molecular formula is C15H20N2O3S. The molecule has 6 heteroatoms. The fourth-order valence-electron chi connectivity index (χ4n) is 2.33. The lowest BCUT2D eigenvalue weighted by molar-refractivity contribution is 0.0902. The van der Waals surface area contributed by atoms with Gasteiger partial charge in [-0.1, -0.05) is 24.0 Å². The highest BCUT2D eigenvalue weighted by molar-refractivity contribution is 7.89. The molecule has 21 heavy (non-hydrogen) atoms. The fourth-order valence-corrected chi connectivity index (χ4v) is 3.77. The topological polar surface area (TPSA) is 81.4 Å². The van der Waals surface area contributed by atoms with E-state index in [2.05, 4.69) is 16.6 Å². The van der Waals surface area contributed by atoms with Crippen molar-refractivity contribution in [2.24, 2.45) is 5.73 Å². The number of nitrogens with one attached hydrogen (secondary N) is 1. The number of nitrogens with two attached hydrogens (primary N) is 1. The summed E-state index contributed by atoms with van der Waals surface area (Å²) in [5, 5.41) is 0. The molecule has 1 fully saturated rings. The molecule has 0 aromatic heterocycles. The first kappa shape index (κ1) is 16.0. The summed E-state index contributed by atoms with van der Waals surface area (Å²) in [4.78, 5) is 0.177. The summed E-state index contributed by atoms with van der Waals surface area (Å²) in [6.07, 6.45) is 1.77. The van der Waals surface area contributed by atoms with Gasteiger partial charge < -0.3 is 10.5 Å². The zero-order valence-corrected chi connectivity index (χ0v) is 12.8. The van der Waals surface area contributed by atoms with Crippen LogP contribution < -0.4 is 10.5 Å². The molecule has 1 saturated heterocycles. The van der Waals surface area contributed by atoms with Gasteiger partial charge >= 0.3 is 0 Å². The van der Waals surface area contributed by atoms with Crippen molar-refractivity contribution in [2.75, 3.05) is 13.2 Å². The van der Waals surface area contributed by atoms with E-state index < -0.39 is 10.0 Å². The van der Waals surface area contributed by atoms with Gasteiger partial charge in [0, 0.05) is 18.2 Å². The molecule has 1 heterocycles. The highest BCUT2D eigenvalue weighted by Gasteiger charge is 2.27. The molecule has 1 aromatic carbocycles. The summed E-state index contributed by atoms with van der Waals surface area (Å²) in [6.45, 7) is 2.70. The van der Waals surface area contributed by atoms with E-state index in [0.29, 0.717) is 12.2 Å². The molecule has 0 radical (unpaired) electrons. The molecule has 0 amide bonds. The Balaban J connectivity index is 2.23. The number of hydrogen-bond acceptors (Lipinski definition) is 4. The van der Waals surface area contributed by atoms with E-state index in [4.69, 9.17) is 10.5 Å². The first-order chi connectivity index (χ1) is 10.0. The highest BCUT2D eigenvalue weighted by atomic mass is 32.2. The van der Waals surface area contributed by atoms with Gasteiger partial charge in [-0.15, -0.1) is 0 Å². The van der Waals surface area contributed by atoms with E-state index in [1.54, 1.807) is 24.3 Å². The average Bonchev–Trinajstić information content (AvgIpc) is 2.99. The van der Waals surface area contributed by atoms with Crippen LogP contribution in [-0.4, -0.2) is 33.7 Å². The van der Waals surface area contributed by atoms with Gasteiger partial charge in [0.05, 0.1) is 17.5 Å². The van der Waals surface area contributed by atoms with Crippen LogP contribution in [0.1, 0.15) is 25.3 Å². The third kappa shape index (κ3) is 4.05. The minimum atomic E-state index is -3.63.